The van der Waals surface area contributed by atoms with Gasteiger partial charge in [-0.05, 0) is 37.4 Å². The van der Waals surface area contributed by atoms with Crippen LogP contribution in [0.25, 0.3) is 0 Å². The number of Topliss-reactive ketones (excluding diaryl/α,β-unsaturated/α-hetero) is 1. The molecule has 1 aliphatic carbocycles. The Morgan fingerprint density at radius 2 is 2.22 bits per heavy atom. The van der Waals surface area contributed by atoms with E-state index in [1.807, 2.05) is 0 Å². The molecule has 1 saturated carbocycles. The Kier molecular flexibility index (Phi) is 3.11. The molecule has 0 spiro atoms. The van der Waals surface area contributed by atoms with Crippen molar-refractivity contribution in [2.24, 2.45) is 13.0 Å². The zero-order valence-electron chi connectivity index (χ0n) is 10.7. The Labute approximate surface area is 106 Å². The molecular formula is C12H19N5O. The number of hydrogen-bond acceptors (Lipinski definition) is 5. The number of nitrogens with zero attached hydrogens (tertiary/aromatic N) is 5. The first-order chi connectivity index (χ1) is 8.74. The summed E-state index contributed by atoms with van der Waals surface area (Å²) in [7, 11) is 1.78. The van der Waals surface area contributed by atoms with E-state index in [9.17, 15) is 4.79 Å². The average Bonchev–Trinajstić information content (AvgIpc) is 3.02. The third kappa shape index (κ3) is 2.16. The van der Waals surface area contributed by atoms with Crippen LogP contribution in [0, 0.1) is 5.92 Å². The van der Waals surface area contributed by atoms with E-state index in [1.165, 1.54) is 11.2 Å². The summed E-state index contributed by atoms with van der Waals surface area (Å²) in [4.78, 5) is 15.7. The van der Waals surface area contributed by atoms with Crippen LogP contribution in [0.15, 0.2) is 0 Å². The minimum absolute atomic E-state index is 0.254. The predicted molar refractivity (Wildman–Crippen MR) is 64.6 cm³/mol. The molecule has 98 valence electrons. The van der Waals surface area contributed by atoms with Gasteiger partial charge in [0.1, 0.15) is 5.78 Å². The van der Waals surface area contributed by atoms with Crippen LogP contribution in [-0.2, 0) is 18.4 Å². The van der Waals surface area contributed by atoms with E-state index in [0.29, 0.717) is 11.8 Å². The average molecular weight is 249 g/mol. The van der Waals surface area contributed by atoms with Crippen molar-refractivity contribution in [1.29, 1.82) is 0 Å². The van der Waals surface area contributed by atoms with Crippen molar-refractivity contribution in [3.63, 3.8) is 0 Å². The Morgan fingerprint density at radius 3 is 2.89 bits per heavy atom. The molecule has 2 heterocycles. The van der Waals surface area contributed by atoms with Crippen LogP contribution in [0.1, 0.15) is 37.9 Å². The molecule has 1 aliphatic heterocycles. The molecule has 1 aromatic heterocycles. The van der Waals surface area contributed by atoms with Crippen LogP contribution in [0.3, 0.4) is 0 Å². The van der Waals surface area contributed by atoms with Gasteiger partial charge in [0.2, 0.25) is 0 Å². The van der Waals surface area contributed by atoms with Crippen molar-refractivity contribution in [3.05, 3.63) is 5.82 Å². The fourth-order valence-corrected chi connectivity index (χ4v) is 3.32. The van der Waals surface area contributed by atoms with Gasteiger partial charge in [0.15, 0.2) is 5.82 Å². The van der Waals surface area contributed by atoms with Gasteiger partial charge >= 0.3 is 0 Å². The number of hydrogen-bond donors (Lipinski definition) is 0. The summed E-state index contributed by atoms with van der Waals surface area (Å²) >= 11 is 0. The van der Waals surface area contributed by atoms with Crippen LogP contribution in [0.5, 0.6) is 0 Å². The maximum absolute atomic E-state index is 11.9. The third-order valence-electron chi connectivity index (χ3n) is 4.12. The molecule has 0 amide bonds. The molecule has 2 fully saturated rings. The van der Waals surface area contributed by atoms with Crippen LogP contribution < -0.4 is 0 Å². The molecule has 2 atom stereocenters. The zero-order valence-corrected chi connectivity index (χ0v) is 10.7. The molecule has 2 aliphatic rings. The quantitative estimate of drug-likeness (QED) is 0.782. The summed E-state index contributed by atoms with van der Waals surface area (Å²) < 4.78 is 0. The molecule has 1 aromatic rings. The molecule has 18 heavy (non-hydrogen) atoms. The summed E-state index contributed by atoms with van der Waals surface area (Å²) in [6.07, 6.45) is 5.22. The van der Waals surface area contributed by atoms with Crippen molar-refractivity contribution in [2.75, 3.05) is 6.54 Å². The SMILES string of the molecule is Cn1nnc(CN2CCCC2C2CCCC2=O)n1. The highest BCUT2D eigenvalue weighted by Crippen LogP contribution is 2.33. The number of carbonyl (C=O) groups is 1. The lowest BCUT2D eigenvalue weighted by molar-refractivity contribution is -0.122. The van der Waals surface area contributed by atoms with E-state index >= 15 is 0 Å². The molecule has 1 saturated heterocycles. The van der Waals surface area contributed by atoms with Gasteiger partial charge in [-0.25, -0.2) is 0 Å². The number of carbonyl (C=O) groups excluding carboxylic acids is 1. The minimum Gasteiger partial charge on any atom is -0.299 e. The van der Waals surface area contributed by atoms with E-state index in [-0.39, 0.29) is 5.92 Å². The van der Waals surface area contributed by atoms with E-state index < -0.39 is 0 Å². The number of rotatable bonds is 3. The smallest absolute Gasteiger partial charge is 0.188 e. The highest BCUT2D eigenvalue weighted by molar-refractivity contribution is 5.83. The fraction of sp³-hybridized carbons (Fsp3) is 0.833. The van der Waals surface area contributed by atoms with Gasteiger partial charge < -0.3 is 0 Å². The second-order valence-electron chi connectivity index (χ2n) is 5.34. The Hall–Kier alpha value is -1.30. The molecule has 0 bridgehead atoms. The topological polar surface area (TPSA) is 63.9 Å². The largest absolute Gasteiger partial charge is 0.299 e. The molecule has 0 radical (unpaired) electrons. The van der Waals surface area contributed by atoms with E-state index in [1.54, 1.807) is 7.05 Å². The molecule has 6 nitrogen and oxygen atoms in total. The lowest BCUT2D eigenvalue weighted by atomic mass is 9.95. The van der Waals surface area contributed by atoms with E-state index in [4.69, 9.17) is 0 Å². The van der Waals surface area contributed by atoms with E-state index in [0.717, 1.165) is 44.6 Å². The maximum Gasteiger partial charge on any atom is 0.188 e. The van der Waals surface area contributed by atoms with Gasteiger partial charge in [-0.1, -0.05) is 0 Å². The number of tetrazole rings is 1. The first kappa shape index (κ1) is 11.8. The second-order valence-corrected chi connectivity index (χ2v) is 5.34. The van der Waals surface area contributed by atoms with Gasteiger partial charge in [0.25, 0.3) is 0 Å². The number of ketones is 1. The molecule has 3 rings (SSSR count). The highest BCUT2D eigenvalue weighted by atomic mass is 16.1. The van der Waals surface area contributed by atoms with Gasteiger partial charge in [0.05, 0.1) is 13.6 Å². The van der Waals surface area contributed by atoms with E-state index in [2.05, 4.69) is 20.3 Å². The van der Waals surface area contributed by atoms with Gasteiger partial charge in [-0.2, -0.15) is 4.80 Å². The normalized spacial score (nSPS) is 29.3. The Bertz CT molecular complexity index is 443. The first-order valence-electron chi connectivity index (χ1n) is 6.73. The van der Waals surface area contributed by atoms with Gasteiger partial charge in [-0.3, -0.25) is 9.69 Å². The lowest BCUT2D eigenvalue weighted by Gasteiger charge is -2.27. The Balaban J connectivity index is 1.69. The predicted octanol–water partition coefficient (Wildman–Crippen LogP) is 0.544. The summed E-state index contributed by atoms with van der Waals surface area (Å²) in [5.74, 6) is 1.47. The highest BCUT2D eigenvalue weighted by Gasteiger charge is 2.38. The summed E-state index contributed by atoms with van der Waals surface area (Å²) in [6, 6.07) is 0.406. The summed E-state index contributed by atoms with van der Waals surface area (Å²) in [6.45, 7) is 1.77. The summed E-state index contributed by atoms with van der Waals surface area (Å²) in [5, 5.41) is 12.1. The number of likely N-dealkylation sites (tertiary alicyclic amines) is 1. The maximum atomic E-state index is 11.9. The van der Waals surface area contributed by atoms with Crippen LogP contribution in [-0.4, -0.2) is 43.5 Å². The van der Waals surface area contributed by atoms with Crippen molar-refractivity contribution in [1.82, 2.24) is 25.1 Å². The van der Waals surface area contributed by atoms with Gasteiger partial charge in [-0.15, -0.1) is 10.2 Å². The van der Waals surface area contributed by atoms with Crippen molar-refractivity contribution >= 4 is 5.78 Å². The molecule has 0 aromatic carbocycles. The van der Waals surface area contributed by atoms with Gasteiger partial charge in [0, 0.05) is 18.4 Å². The van der Waals surface area contributed by atoms with Crippen LogP contribution in [0.4, 0.5) is 0 Å². The second kappa shape index (κ2) is 4.76. The molecule has 6 heteroatoms. The monoisotopic (exact) mass is 249 g/mol. The molecule has 2 unspecified atom stereocenters. The van der Waals surface area contributed by atoms with Crippen LogP contribution in [0.2, 0.25) is 0 Å². The van der Waals surface area contributed by atoms with Crippen LogP contribution >= 0.6 is 0 Å². The third-order valence-corrected chi connectivity index (χ3v) is 4.12. The standard InChI is InChI=1S/C12H19N5O/c1-16-14-12(13-15-16)8-17-7-3-5-10(17)9-4-2-6-11(9)18/h9-10H,2-8H2,1H3. The number of aryl methyl sites for hydroxylation is 1. The lowest BCUT2D eigenvalue weighted by Crippen LogP contribution is -2.37. The fourth-order valence-electron chi connectivity index (χ4n) is 3.32. The zero-order chi connectivity index (χ0) is 12.5. The van der Waals surface area contributed by atoms with Crippen molar-refractivity contribution in [3.8, 4) is 0 Å². The van der Waals surface area contributed by atoms with Crippen molar-refractivity contribution < 1.29 is 4.79 Å². The minimum atomic E-state index is 0.254. The molecule has 0 N–H and O–H groups in total. The van der Waals surface area contributed by atoms with Crippen molar-refractivity contribution in [2.45, 2.75) is 44.7 Å². The number of aromatic nitrogens is 4. The summed E-state index contributed by atoms with van der Waals surface area (Å²) in [5.41, 5.74) is 0. The first-order valence-corrected chi connectivity index (χ1v) is 6.73. The molecular weight excluding hydrogens is 230 g/mol. The Morgan fingerprint density at radius 1 is 1.33 bits per heavy atom.